The molecule has 1 rings (SSSR count). The lowest BCUT2D eigenvalue weighted by Crippen LogP contribution is -2.40. The third-order valence-corrected chi connectivity index (χ3v) is 4.14. The van der Waals surface area contributed by atoms with Crippen LogP contribution in [0.2, 0.25) is 0 Å². The minimum atomic E-state index is -0.374. The Morgan fingerprint density at radius 1 is 1.24 bits per heavy atom. The fourth-order valence-electron chi connectivity index (χ4n) is 2.03. The van der Waals surface area contributed by atoms with Crippen molar-refractivity contribution >= 4 is 51.8 Å². The molecule has 0 aliphatic rings. The van der Waals surface area contributed by atoms with Crippen LogP contribution < -0.4 is 16.0 Å². The molecule has 0 fully saturated rings. The molecule has 1 unspecified atom stereocenters. The molecule has 7 heteroatoms. The van der Waals surface area contributed by atoms with E-state index in [4.69, 9.17) is 0 Å². The van der Waals surface area contributed by atoms with E-state index in [0.29, 0.717) is 13.1 Å². The smallest absolute Gasteiger partial charge is 0.225 e. The molecular weight excluding hydrogens is 495 g/mol. The van der Waals surface area contributed by atoms with E-state index in [1.165, 1.54) is 5.56 Å². The zero-order chi connectivity index (χ0) is 18.2. The molecular formula is C18H30BrIN4O. The molecule has 0 aliphatic heterocycles. The highest BCUT2D eigenvalue weighted by Crippen LogP contribution is 2.22. The predicted molar refractivity (Wildman–Crippen MR) is 120 cm³/mol. The van der Waals surface area contributed by atoms with Crippen molar-refractivity contribution in [1.82, 2.24) is 16.0 Å². The summed E-state index contributed by atoms with van der Waals surface area (Å²) >= 11 is 3.58. The Balaban J connectivity index is 0.00000576. The fourth-order valence-corrected chi connectivity index (χ4v) is 2.66. The fraction of sp³-hybridized carbons (Fsp3) is 0.556. The van der Waals surface area contributed by atoms with Crippen LogP contribution in [0.15, 0.2) is 33.7 Å². The van der Waals surface area contributed by atoms with E-state index < -0.39 is 0 Å². The summed E-state index contributed by atoms with van der Waals surface area (Å²) < 4.78 is 1.07. The summed E-state index contributed by atoms with van der Waals surface area (Å²) in [5, 5.41) is 9.53. The molecule has 1 amide bonds. The van der Waals surface area contributed by atoms with Gasteiger partial charge in [-0.2, -0.15) is 0 Å². The summed E-state index contributed by atoms with van der Waals surface area (Å²) in [7, 11) is 0. The summed E-state index contributed by atoms with van der Waals surface area (Å²) in [5.74, 6) is 0.781. The second-order valence-electron chi connectivity index (χ2n) is 6.65. The maximum absolute atomic E-state index is 11.8. The summed E-state index contributed by atoms with van der Waals surface area (Å²) in [6, 6.07) is 8.23. The van der Waals surface area contributed by atoms with Crippen molar-refractivity contribution in [3.05, 3.63) is 34.3 Å². The van der Waals surface area contributed by atoms with Crippen LogP contribution in [-0.4, -0.2) is 31.5 Å². The Morgan fingerprint density at radius 2 is 1.88 bits per heavy atom. The van der Waals surface area contributed by atoms with Crippen LogP contribution in [0.1, 0.15) is 46.2 Å². The van der Waals surface area contributed by atoms with Gasteiger partial charge in [0, 0.05) is 23.0 Å². The second kappa shape index (κ2) is 11.7. The van der Waals surface area contributed by atoms with Gasteiger partial charge in [-0.05, 0) is 25.5 Å². The number of guanidine groups is 1. The molecule has 0 aliphatic carbocycles. The van der Waals surface area contributed by atoms with Crippen molar-refractivity contribution in [3.63, 3.8) is 0 Å². The second-order valence-corrected chi connectivity index (χ2v) is 7.51. The number of hydrogen-bond donors (Lipinski definition) is 3. The van der Waals surface area contributed by atoms with Crippen molar-refractivity contribution in [3.8, 4) is 0 Å². The monoisotopic (exact) mass is 524 g/mol. The Morgan fingerprint density at radius 3 is 2.44 bits per heavy atom. The summed E-state index contributed by atoms with van der Waals surface area (Å²) in [5.41, 5.74) is 0.796. The molecule has 0 spiro atoms. The standard InChI is InChI=1S/C18H29BrN4O.HI/c1-6-20-17(22-12-11-21-16(24)18(3,4)5)23-13(2)14-9-7-8-10-15(14)19;/h7-10,13H,6,11-12H2,1-5H3,(H,21,24)(H2,20,22,23);1H. The van der Waals surface area contributed by atoms with Gasteiger partial charge in [-0.15, -0.1) is 24.0 Å². The van der Waals surface area contributed by atoms with E-state index in [0.717, 1.165) is 17.0 Å². The van der Waals surface area contributed by atoms with E-state index >= 15 is 0 Å². The number of nitrogens with one attached hydrogen (secondary N) is 3. The van der Waals surface area contributed by atoms with Gasteiger partial charge in [-0.25, -0.2) is 0 Å². The third kappa shape index (κ3) is 8.89. The highest BCUT2D eigenvalue weighted by Gasteiger charge is 2.20. The van der Waals surface area contributed by atoms with Crippen molar-refractivity contribution < 1.29 is 4.79 Å². The molecule has 0 radical (unpaired) electrons. The number of nitrogens with zero attached hydrogens (tertiary/aromatic N) is 1. The van der Waals surface area contributed by atoms with Crippen molar-refractivity contribution in [2.75, 3.05) is 19.6 Å². The van der Waals surface area contributed by atoms with Crippen LogP contribution in [0.5, 0.6) is 0 Å². The van der Waals surface area contributed by atoms with Crippen molar-refractivity contribution in [1.29, 1.82) is 0 Å². The molecule has 0 saturated carbocycles. The normalized spacial score (nSPS) is 12.8. The largest absolute Gasteiger partial charge is 0.357 e. The predicted octanol–water partition coefficient (Wildman–Crippen LogP) is 3.85. The van der Waals surface area contributed by atoms with Crippen LogP contribution >= 0.6 is 39.9 Å². The average molecular weight is 525 g/mol. The average Bonchev–Trinajstić information content (AvgIpc) is 2.50. The van der Waals surface area contributed by atoms with E-state index in [1.807, 2.05) is 45.9 Å². The van der Waals surface area contributed by atoms with Gasteiger partial charge in [0.1, 0.15) is 0 Å². The third-order valence-electron chi connectivity index (χ3n) is 3.42. The first-order valence-electron chi connectivity index (χ1n) is 8.33. The van der Waals surface area contributed by atoms with Crippen molar-refractivity contribution in [2.24, 2.45) is 10.4 Å². The summed E-state index contributed by atoms with van der Waals surface area (Å²) in [6.07, 6.45) is 0. The van der Waals surface area contributed by atoms with Crippen LogP contribution in [0.3, 0.4) is 0 Å². The van der Waals surface area contributed by atoms with Gasteiger partial charge < -0.3 is 16.0 Å². The van der Waals surface area contributed by atoms with E-state index in [9.17, 15) is 4.79 Å². The van der Waals surface area contributed by atoms with Gasteiger partial charge in [0.2, 0.25) is 5.91 Å². The number of amides is 1. The van der Waals surface area contributed by atoms with Crippen molar-refractivity contribution in [2.45, 2.75) is 40.7 Å². The van der Waals surface area contributed by atoms with Gasteiger partial charge in [0.05, 0.1) is 12.6 Å². The molecule has 5 nitrogen and oxygen atoms in total. The number of rotatable bonds is 6. The zero-order valence-corrected chi connectivity index (χ0v) is 19.6. The van der Waals surface area contributed by atoms with Gasteiger partial charge in [0.15, 0.2) is 5.96 Å². The van der Waals surface area contributed by atoms with Gasteiger partial charge in [-0.3, -0.25) is 9.79 Å². The lowest BCUT2D eigenvalue weighted by molar-refractivity contribution is -0.128. The number of carbonyl (C=O) groups excluding carboxylic acids is 1. The highest BCUT2D eigenvalue weighted by molar-refractivity contribution is 14.0. The van der Waals surface area contributed by atoms with E-state index in [-0.39, 0.29) is 41.3 Å². The molecule has 1 aromatic carbocycles. The summed E-state index contributed by atoms with van der Waals surface area (Å²) in [6.45, 7) is 11.7. The zero-order valence-electron chi connectivity index (χ0n) is 15.6. The molecule has 0 saturated heterocycles. The molecule has 142 valence electrons. The van der Waals surface area contributed by atoms with Crippen LogP contribution in [-0.2, 0) is 4.79 Å². The number of hydrogen-bond acceptors (Lipinski definition) is 2. The maximum atomic E-state index is 11.8. The van der Waals surface area contributed by atoms with Gasteiger partial charge in [-0.1, -0.05) is 54.9 Å². The van der Waals surface area contributed by atoms with Crippen LogP contribution in [0, 0.1) is 5.41 Å². The lowest BCUT2D eigenvalue weighted by atomic mass is 9.96. The molecule has 0 heterocycles. The topological polar surface area (TPSA) is 65.5 Å². The molecule has 0 bridgehead atoms. The minimum Gasteiger partial charge on any atom is -0.357 e. The quantitative estimate of drug-likeness (QED) is 0.229. The summed E-state index contributed by atoms with van der Waals surface area (Å²) in [4.78, 5) is 16.4. The Kier molecular flexibility index (Phi) is 11.3. The van der Waals surface area contributed by atoms with E-state index in [2.05, 4.69) is 49.9 Å². The number of halogens is 2. The first-order valence-corrected chi connectivity index (χ1v) is 9.12. The Bertz CT molecular complexity index is 572. The Hall–Kier alpha value is -0.830. The van der Waals surface area contributed by atoms with Crippen LogP contribution in [0.4, 0.5) is 0 Å². The molecule has 25 heavy (non-hydrogen) atoms. The van der Waals surface area contributed by atoms with Gasteiger partial charge in [0.25, 0.3) is 0 Å². The van der Waals surface area contributed by atoms with E-state index in [1.54, 1.807) is 0 Å². The highest BCUT2D eigenvalue weighted by atomic mass is 127. The maximum Gasteiger partial charge on any atom is 0.225 e. The number of carbonyl (C=O) groups is 1. The number of aliphatic imine (C=N–C) groups is 1. The first kappa shape index (κ1) is 24.2. The first-order chi connectivity index (χ1) is 11.3. The molecule has 1 atom stereocenters. The van der Waals surface area contributed by atoms with Crippen LogP contribution in [0.25, 0.3) is 0 Å². The minimum absolute atomic E-state index is 0. The lowest BCUT2D eigenvalue weighted by Gasteiger charge is -2.20. The molecule has 1 aromatic rings. The number of benzene rings is 1. The SMILES string of the molecule is CCNC(=NCCNC(=O)C(C)(C)C)NC(C)c1ccccc1Br.I. The Labute approximate surface area is 177 Å². The molecule has 0 aromatic heterocycles. The van der Waals surface area contributed by atoms with Gasteiger partial charge >= 0.3 is 0 Å². The molecule has 3 N–H and O–H groups in total.